The Morgan fingerprint density at radius 1 is 1.00 bits per heavy atom. The smallest absolute Gasteiger partial charge is 0.231 e. The fourth-order valence-electron chi connectivity index (χ4n) is 2.58. The van der Waals surface area contributed by atoms with Gasteiger partial charge in [-0.3, -0.25) is 0 Å². The summed E-state index contributed by atoms with van der Waals surface area (Å²) < 4.78 is 10.7. The molecule has 1 unspecified atom stereocenters. The Kier molecular flexibility index (Phi) is 2.59. The maximum Gasteiger partial charge on any atom is 0.231 e. The minimum atomic E-state index is 0.247. The number of benzene rings is 2. The van der Waals surface area contributed by atoms with Crippen LogP contribution in [0.5, 0.6) is 11.5 Å². The third kappa shape index (κ3) is 1.90. The number of ether oxygens (including phenoxy) is 2. The van der Waals surface area contributed by atoms with Gasteiger partial charge in [-0.25, -0.2) is 0 Å². The van der Waals surface area contributed by atoms with Gasteiger partial charge in [-0.1, -0.05) is 30.3 Å². The molecule has 1 N–H and O–H groups in total. The average molecular weight is 266 g/mol. The van der Waals surface area contributed by atoms with Crippen molar-refractivity contribution in [1.29, 1.82) is 0 Å². The van der Waals surface area contributed by atoms with E-state index in [1.807, 2.05) is 24.3 Å². The quantitative estimate of drug-likeness (QED) is 0.909. The summed E-state index contributed by atoms with van der Waals surface area (Å²) in [4.78, 5) is 0. The summed E-state index contributed by atoms with van der Waals surface area (Å²) in [7, 11) is 0. The van der Waals surface area contributed by atoms with Crippen LogP contribution in [0, 0.1) is 0 Å². The van der Waals surface area contributed by atoms with E-state index < -0.39 is 0 Å². The van der Waals surface area contributed by atoms with Gasteiger partial charge in [-0.15, -0.1) is 0 Å². The van der Waals surface area contributed by atoms with Crippen molar-refractivity contribution in [2.75, 3.05) is 6.79 Å². The number of hydrogen-bond acceptors (Lipinski definition) is 4. The second-order valence-electron chi connectivity index (χ2n) is 4.92. The summed E-state index contributed by atoms with van der Waals surface area (Å²) in [6, 6.07) is 16.6. The number of nitrogens with zero attached hydrogens (tertiary/aromatic N) is 1. The van der Waals surface area contributed by atoms with E-state index in [9.17, 15) is 0 Å². The zero-order chi connectivity index (χ0) is 13.4. The molecule has 0 saturated carbocycles. The normalized spacial score (nSPS) is 19.6. The van der Waals surface area contributed by atoms with Gasteiger partial charge in [0.25, 0.3) is 0 Å². The first kappa shape index (κ1) is 11.3. The predicted octanol–water partition coefficient (Wildman–Crippen LogP) is 2.85. The molecule has 0 aliphatic carbocycles. The average Bonchev–Trinajstić information content (AvgIpc) is 3.16. The molecule has 2 aliphatic heterocycles. The molecule has 0 spiro atoms. The van der Waals surface area contributed by atoms with Crippen molar-refractivity contribution in [3.05, 3.63) is 59.7 Å². The molecule has 0 aromatic heterocycles. The van der Waals surface area contributed by atoms with E-state index in [0.717, 1.165) is 29.2 Å². The molecule has 20 heavy (non-hydrogen) atoms. The molecule has 0 fully saturated rings. The van der Waals surface area contributed by atoms with Crippen molar-refractivity contribution in [2.24, 2.45) is 5.10 Å². The molecule has 4 rings (SSSR count). The number of fused-ring (bicyclic) bond motifs is 1. The maximum atomic E-state index is 5.41. The van der Waals surface area contributed by atoms with Crippen molar-refractivity contribution < 1.29 is 9.47 Å². The standard InChI is InChI=1S/C16H14N2O2/c1-2-4-11(5-3-1)13-9-14(18-17-13)12-6-7-15-16(8-12)20-10-19-15/h1-8,13,17H,9-10H2. The van der Waals surface area contributed by atoms with Gasteiger partial charge in [0, 0.05) is 12.0 Å². The van der Waals surface area contributed by atoms with Crippen molar-refractivity contribution in [1.82, 2.24) is 5.43 Å². The summed E-state index contributed by atoms with van der Waals surface area (Å²) in [5.41, 5.74) is 6.60. The number of hydrazone groups is 1. The fourth-order valence-corrected chi connectivity index (χ4v) is 2.58. The summed E-state index contributed by atoms with van der Waals surface area (Å²) in [6.45, 7) is 0.302. The minimum Gasteiger partial charge on any atom is -0.454 e. The van der Waals surface area contributed by atoms with Crippen LogP contribution in [-0.2, 0) is 0 Å². The van der Waals surface area contributed by atoms with Gasteiger partial charge in [0.05, 0.1) is 11.8 Å². The lowest BCUT2D eigenvalue weighted by Gasteiger charge is -2.09. The highest BCUT2D eigenvalue weighted by Crippen LogP contribution is 2.34. The van der Waals surface area contributed by atoms with E-state index >= 15 is 0 Å². The van der Waals surface area contributed by atoms with Crippen LogP contribution in [0.3, 0.4) is 0 Å². The van der Waals surface area contributed by atoms with Crippen molar-refractivity contribution in [3.63, 3.8) is 0 Å². The molecule has 1 atom stereocenters. The fraction of sp³-hybridized carbons (Fsp3) is 0.188. The first-order chi connectivity index (χ1) is 9.90. The van der Waals surface area contributed by atoms with Gasteiger partial charge >= 0.3 is 0 Å². The summed E-state index contributed by atoms with van der Waals surface area (Å²) in [5.74, 6) is 1.60. The van der Waals surface area contributed by atoms with Gasteiger partial charge in [0.2, 0.25) is 6.79 Å². The van der Waals surface area contributed by atoms with E-state index in [1.54, 1.807) is 0 Å². The minimum absolute atomic E-state index is 0.247. The molecule has 0 saturated heterocycles. The summed E-state index contributed by atoms with van der Waals surface area (Å²) in [5, 5.41) is 4.46. The first-order valence-electron chi connectivity index (χ1n) is 6.67. The van der Waals surface area contributed by atoms with Crippen LogP contribution in [0.2, 0.25) is 0 Å². The van der Waals surface area contributed by atoms with E-state index in [1.165, 1.54) is 5.56 Å². The van der Waals surface area contributed by atoms with E-state index in [0.29, 0.717) is 6.79 Å². The molecule has 4 heteroatoms. The van der Waals surface area contributed by atoms with Gasteiger partial charge in [0.1, 0.15) is 0 Å². The summed E-state index contributed by atoms with van der Waals surface area (Å²) >= 11 is 0. The predicted molar refractivity (Wildman–Crippen MR) is 76.0 cm³/mol. The second kappa shape index (κ2) is 4.56. The molecule has 2 heterocycles. The Morgan fingerprint density at radius 3 is 2.75 bits per heavy atom. The molecule has 2 aliphatic rings. The molecule has 2 aromatic rings. The molecule has 0 radical (unpaired) electrons. The van der Waals surface area contributed by atoms with Crippen LogP contribution in [0.15, 0.2) is 53.6 Å². The van der Waals surface area contributed by atoms with Crippen LogP contribution in [0.4, 0.5) is 0 Å². The molecule has 4 nitrogen and oxygen atoms in total. The van der Waals surface area contributed by atoms with E-state index in [4.69, 9.17) is 9.47 Å². The van der Waals surface area contributed by atoms with Crippen molar-refractivity contribution in [2.45, 2.75) is 12.5 Å². The zero-order valence-electron chi connectivity index (χ0n) is 10.9. The van der Waals surface area contributed by atoms with Gasteiger partial charge in [-0.2, -0.15) is 5.10 Å². The lowest BCUT2D eigenvalue weighted by molar-refractivity contribution is 0.174. The largest absolute Gasteiger partial charge is 0.454 e. The number of nitrogens with one attached hydrogen (secondary N) is 1. The molecule has 2 aromatic carbocycles. The lowest BCUT2D eigenvalue weighted by Crippen LogP contribution is -2.09. The van der Waals surface area contributed by atoms with Gasteiger partial charge in [-0.05, 0) is 23.8 Å². The van der Waals surface area contributed by atoms with Crippen LogP contribution in [-0.4, -0.2) is 12.5 Å². The Hall–Kier alpha value is -2.49. The monoisotopic (exact) mass is 266 g/mol. The van der Waals surface area contributed by atoms with Crippen LogP contribution in [0.25, 0.3) is 0 Å². The molecular weight excluding hydrogens is 252 g/mol. The number of hydrogen-bond donors (Lipinski definition) is 1. The molecule has 100 valence electrons. The first-order valence-corrected chi connectivity index (χ1v) is 6.67. The molecule has 0 bridgehead atoms. The molecular formula is C16H14N2O2. The Bertz CT molecular complexity index is 667. The molecule has 0 amide bonds. The SMILES string of the molecule is c1ccc(C2CC(c3ccc4c(c3)OCO4)=NN2)cc1. The van der Waals surface area contributed by atoms with Gasteiger partial charge < -0.3 is 14.9 Å². The maximum absolute atomic E-state index is 5.41. The van der Waals surface area contributed by atoms with Gasteiger partial charge in [0.15, 0.2) is 11.5 Å². The highest BCUT2D eigenvalue weighted by molar-refractivity contribution is 6.02. The number of rotatable bonds is 2. The van der Waals surface area contributed by atoms with Crippen LogP contribution < -0.4 is 14.9 Å². The third-order valence-corrected chi connectivity index (χ3v) is 3.66. The highest BCUT2D eigenvalue weighted by atomic mass is 16.7. The topological polar surface area (TPSA) is 42.9 Å². The second-order valence-corrected chi connectivity index (χ2v) is 4.92. The zero-order valence-corrected chi connectivity index (χ0v) is 10.9. The highest BCUT2D eigenvalue weighted by Gasteiger charge is 2.22. The Balaban J connectivity index is 1.56. The Morgan fingerprint density at radius 2 is 1.85 bits per heavy atom. The van der Waals surface area contributed by atoms with Crippen molar-refractivity contribution >= 4 is 5.71 Å². The lowest BCUT2D eigenvalue weighted by atomic mass is 9.99. The van der Waals surface area contributed by atoms with Crippen molar-refractivity contribution in [3.8, 4) is 11.5 Å². The third-order valence-electron chi connectivity index (χ3n) is 3.66. The van der Waals surface area contributed by atoms with E-state index in [-0.39, 0.29) is 6.04 Å². The van der Waals surface area contributed by atoms with Crippen LogP contribution in [0.1, 0.15) is 23.6 Å². The summed E-state index contributed by atoms with van der Waals surface area (Å²) in [6.07, 6.45) is 0.879. The van der Waals surface area contributed by atoms with Crippen LogP contribution >= 0.6 is 0 Å². The van der Waals surface area contributed by atoms with E-state index in [2.05, 4.69) is 34.8 Å². The Labute approximate surface area is 117 Å².